The van der Waals surface area contributed by atoms with E-state index < -0.39 is 14.1 Å². The highest BCUT2D eigenvalue weighted by atomic mass is 28.3. The van der Waals surface area contributed by atoms with Gasteiger partial charge in [-0.1, -0.05) is 19.6 Å². The number of benzene rings is 1. The van der Waals surface area contributed by atoms with Crippen LogP contribution in [0.1, 0.15) is 43.7 Å². The molecular weight excluding hydrogens is 474 g/mol. The summed E-state index contributed by atoms with van der Waals surface area (Å²) in [6, 6.07) is 4.75. The molecule has 0 radical (unpaired) electrons. The van der Waals surface area contributed by atoms with Gasteiger partial charge >= 0.3 is 5.69 Å². The Morgan fingerprint density at radius 3 is 2.61 bits per heavy atom. The molecule has 36 heavy (non-hydrogen) atoms. The van der Waals surface area contributed by atoms with Crippen LogP contribution in [0.25, 0.3) is 11.0 Å². The molecule has 1 unspecified atom stereocenters. The topological polar surface area (TPSA) is 97.6 Å². The van der Waals surface area contributed by atoms with E-state index in [1.807, 2.05) is 10.6 Å². The third kappa shape index (κ3) is 4.90. The van der Waals surface area contributed by atoms with E-state index in [1.54, 1.807) is 4.57 Å². The minimum atomic E-state index is -1.27. The Morgan fingerprint density at radius 2 is 1.86 bits per heavy atom. The number of hydrogen-bond acceptors (Lipinski definition) is 6. The summed E-state index contributed by atoms with van der Waals surface area (Å²) >= 11 is 0. The third-order valence-corrected chi connectivity index (χ3v) is 9.45. The fraction of sp³-hybridized carbons (Fsp3) is 0.654. The first-order valence-electron chi connectivity index (χ1n) is 13.4. The molecule has 1 aromatic carbocycles. The number of hydrogen-bond donors (Lipinski definition) is 2. The summed E-state index contributed by atoms with van der Waals surface area (Å²) in [5.74, 6) is -0.558. The Labute approximate surface area is 213 Å². The summed E-state index contributed by atoms with van der Waals surface area (Å²) in [4.78, 5) is 40.9. The molecule has 3 aliphatic heterocycles. The van der Waals surface area contributed by atoms with Crippen molar-refractivity contribution in [1.82, 2.24) is 19.4 Å². The number of carbonyl (C=O) groups excluding carboxylic acids is 2. The number of anilines is 1. The van der Waals surface area contributed by atoms with Crippen molar-refractivity contribution in [3.8, 4) is 0 Å². The van der Waals surface area contributed by atoms with Gasteiger partial charge < -0.3 is 15.4 Å². The summed E-state index contributed by atoms with van der Waals surface area (Å²) in [7, 11) is -1.27. The van der Waals surface area contributed by atoms with Gasteiger partial charge in [0.05, 0.1) is 11.0 Å². The van der Waals surface area contributed by atoms with Gasteiger partial charge in [-0.15, -0.1) is 0 Å². The quantitative estimate of drug-likeness (QED) is 0.320. The standard InChI is InChI=1S/C26H39N5O4Si/c1-36(2,3)16-15-35-17-30-23(32)9-8-22(25(30)33)31-21-7-6-20(28-18-10-12-27-13-11-18)19-5-4-14-29(24(19)21)26(31)34/h6-7,18,22,27-28H,4-5,8-17H2,1-3H3. The zero-order chi connectivity index (χ0) is 25.4. The van der Waals surface area contributed by atoms with Gasteiger partial charge in [-0.2, -0.15) is 0 Å². The lowest BCUT2D eigenvalue weighted by Gasteiger charge is -2.31. The lowest BCUT2D eigenvalue weighted by atomic mass is 9.99. The second kappa shape index (κ2) is 10.1. The fourth-order valence-corrected chi connectivity index (χ4v) is 6.43. The molecule has 0 aliphatic carbocycles. The molecule has 1 aromatic heterocycles. The average molecular weight is 514 g/mol. The van der Waals surface area contributed by atoms with Crippen LogP contribution < -0.4 is 16.3 Å². The minimum absolute atomic E-state index is 0.0401. The van der Waals surface area contributed by atoms with E-state index >= 15 is 0 Å². The fourth-order valence-electron chi connectivity index (χ4n) is 5.68. The van der Waals surface area contributed by atoms with E-state index in [-0.39, 0.29) is 30.7 Å². The molecule has 9 nitrogen and oxygen atoms in total. The second-order valence-electron chi connectivity index (χ2n) is 11.6. The van der Waals surface area contributed by atoms with Crippen molar-refractivity contribution in [2.45, 2.75) is 82.8 Å². The van der Waals surface area contributed by atoms with Crippen LogP contribution in [-0.4, -0.2) is 66.4 Å². The predicted octanol–water partition coefficient (Wildman–Crippen LogP) is 2.92. The SMILES string of the molecule is C[Si](C)(C)CCOCN1C(=O)CCC(n2c(=O)n3c4c(c(NC5CCNCC5)ccc42)CCC3)C1=O. The molecule has 2 fully saturated rings. The molecule has 2 N–H and O–H groups in total. The van der Waals surface area contributed by atoms with Crippen molar-refractivity contribution < 1.29 is 14.3 Å². The van der Waals surface area contributed by atoms with Gasteiger partial charge in [-0.25, -0.2) is 4.79 Å². The molecule has 5 rings (SSSR count). The smallest absolute Gasteiger partial charge is 0.329 e. The zero-order valence-electron chi connectivity index (χ0n) is 21.8. The van der Waals surface area contributed by atoms with Gasteiger partial charge in [0.25, 0.3) is 5.91 Å². The Bertz CT molecular complexity index is 1210. The van der Waals surface area contributed by atoms with Gasteiger partial charge in [-0.3, -0.25) is 23.6 Å². The van der Waals surface area contributed by atoms with Crippen LogP contribution in [0, 0.1) is 0 Å². The molecule has 2 aromatic rings. The Balaban J connectivity index is 1.43. The van der Waals surface area contributed by atoms with Crippen LogP contribution in [0.15, 0.2) is 16.9 Å². The summed E-state index contributed by atoms with van der Waals surface area (Å²) in [6.45, 7) is 9.96. The minimum Gasteiger partial charge on any atom is -0.382 e. The molecular formula is C26H39N5O4Si. The normalized spacial score (nSPS) is 21.4. The first-order valence-corrected chi connectivity index (χ1v) is 17.1. The van der Waals surface area contributed by atoms with Gasteiger partial charge in [0.15, 0.2) is 0 Å². The summed E-state index contributed by atoms with van der Waals surface area (Å²) in [6.07, 6.45) is 4.52. The van der Waals surface area contributed by atoms with E-state index in [0.29, 0.717) is 25.6 Å². The number of aryl methyl sites for hydroxylation is 2. The van der Waals surface area contributed by atoms with Crippen molar-refractivity contribution in [2.24, 2.45) is 0 Å². The number of aromatic nitrogens is 2. The highest BCUT2D eigenvalue weighted by molar-refractivity contribution is 6.76. The molecule has 0 spiro atoms. The molecule has 4 heterocycles. The van der Waals surface area contributed by atoms with E-state index in [1.165, 1.54) is 10.5 Å². The number of carbonyl (C=O) groups is 2. The Hall–Kier alpha value is -2.43. The molecule has 1 atom stereocenters. The first-order chi connectivity index (χ1) is 17.2. The van der Waals surface area contributed by atoms with Crippen molar-refractivity contribution in [1.29, 1.82) is 0 Å². The summed E-state index contributed by atoms with van der Waals surface area (Å²) < 4.78 is 9.22. The van der Waals surface area contributed by atoms with Crippen molar-refractivity contribution >= 4 is 36.6 Å². The van der Waals surface area contributed by atoms with Gasteiger partial charge in [0, 0.05) is 44.9 Å². The van der Waals surface area contributed by atoms with Crippen LogP contribution in [0.2, 0.25) is 25.7 Å². The number of nitrogens with zero attached hydrogens (tertiary/aromatic N) is 3. The third-order valence-electron chi connectivity index (χ3n) is 7.75. The number of ether oxygens (including phenoxy) is 1. The highest BCUT2D eigenvalue weighted by Gasteiger charge is 2.38. The molecule has 0 bridgehead atoms. The van der Waals surface area contributed by atoms with E-state index in [9.17, 15) is 14.4 Å². The largest absolute Gasteiger partial charge is 0.382 e. The lowest BCUT2D eigenvalue weighted by molar-refractivity contribution is -0.157. The summed E-state index contributed by atoms with van der Waals surface area (Å²) in [5.41, 5.74) is 3.84. The van der Waals surface area contributed by atoms with Crippen molar-refractivity contribution in [2.75, 3.05) is 31.7 Å². The molecule has 196 valence electrons. The van der Waals surface area contributed by atoms with Crippen molar-refractivity contribution in [3.05, 3.63) is 28.2 Å². The van der Waals surface area contributed by atoms with E-state index in [2.05, 4.69) is 36.3 Å². The summed E-state index contributed by atoms with van der Waals surface area (Å²) in [5, 5.41) is 7.13. The van der Waals surface area contributed by atoms with E-state index in [0.717, 1.165) is 61.5 Å². The number of rotatable bonds is 8. The van der Waals surface area contributed by atoms with Crippen LogP contribution in [0.4, 0.5) is 5.69 Å². The van der Waals surface area contributed by atoms with Gasteiger partial charge in [-0.05, 0) is 63.4 Å². The van der Waals surface area contributed by atoms with Gasteiger partial charge in [0.2, 0.25) is 5.91 Å². The molecule has 10 heteroatoms. The maximum Gasteiger partial charge on any atom is 0.329 e. The number of nitrogens with one attached hydrogen (secondary N) is 2. The van der Waals surface area contributed by atoms with Crippen molar-refractivity contribution in [3.63, 3.8) is 0 Å². The maximum absolute atomic E-state index is 13.6. The highest BCUT2D eigenvalue weighted by Crippen LogP contribution is 2.34. The maximum atomic E-state index is 13.6. The van der Waals surface area contributed by atoms with Crippen LogP contribution in [-0.2, 0) is 27.3 Å². The van der Waals surface area contributed by atoms with E-state index in [4.69, 9.17) is 4.74 Å². The molecule has 2 saturated heterocycles. The Kier molecular flexibility index (Phi) is 7.11. The number of amides is 2. The number of imidazole rings is 1. The molecule has 3 aliphatic rings. The van der Waals surface area contributed by atoms with Crippen LogP contribution in [0.3, 0.4) is 0 Å². The number of imide groups is 1. The lowest BCUT2D eigenvalue weighted by Crippen LogP contribution is -2.48. The molecule has 2 amide bonds. The van der Waals surface area contributed by atoms with Gasteiger partial charge in [0.1, 0.15) is 12.8 Å². The first kappa shape index (κ1) is 25.2. The average Bonchev–Trinajstić information content (AvgIpc) is 3.13. The predicted molar refractivity (Wildman–Crippen MR) is 143 cm³/mol. The number of likely N-dealkylation sites (tertiary alicyclic amines) is 1. The van der Waals surface area contributed by atoms with Crippen LogP contribution in [0.5, 0.6) is 0 Å². The monoisotopic (exact) mass is 513 g/mol. The number of piperidine rings is 2. The second-order valence-corrected chi connectivity index (χ2v) is 17.2. The van der Waals surface area contributed by atoms with Crippen LogP contribution >= 0.6 is 0 Å². The Morgan fingerprint density at radius 1 is 1.08 bits per heavy atom. The molecule has 0 saturated carbocycles. The zero-order valence-corrected chi connectivity index (χ0v) is 22.8.